The Labute approximate surface area is 165 Å². The second kappa shape index (κ2) is 6.50. The van der Waals surface area contributed by atoms with Crippen LogP contribution in [0.5, 0.6) is 0 Å². The molecule has 0 fully saturated rings. The van der Waals surface area contributed by atoms with Gasteiger partial charge in [-0.1, -0.05) is 58.4 Å². The normalized spacial score (nSPS) is 18.9. The maximum atomic E-state index is 14.7. The predicted octanol–water partition coefficient (Wildman–Crippen LogP) is 6.08. The van der Waals surface area contributed by atoms with Crippen molar-refractivity contribution >= 4 is 32.9 Å². The minimum atomic E-state index is -0.178. The van der Waals surface area contributed by atoms with Gasteiger partial charge in [0.25, 0.3) is 0 Å². The van der Waals surface area contributed by atoms with Crippen LogP contribution in [0.15, 0.2) is 77.3 Å². The van der Waals surface area contributed by atoms with E-state index in [0.29, 0.717) is 5.56 Å². The highest BCUT2D eigenvalue weighted by molar-refractivity contribution is 9.10. The first-order valence-electron chi connectivity index (χ1n) is 8.94. The third kappa shape index (κ3) is 2.82. The summed E-state index contributed by atoms with van der Waals surface area (Å²) >= 11 is 3.49. The monoisotopic (exact) mass is 421 g/mol. The van der Waals surface area contributed by atoms with Gasteiger partial charge in [0.2, 0.25) is 5.95 Å². The number of halogens is 2. The van der Waals surface area contributed by atoms with Gasteiger partial charge < -0.3 is 9.88 Å². The van der Waals surface area contributed by atoms with E-state index in [-0.39, 0.29) is 17.9 Å². The van der Waals surface area contributed by atoms with Crippen molar-refractivity contribution in [1.82, 2.24) is 9.55 Å². The molecule has 0 saturated heterocycles. The molecule has 3 nitrogen and oxygen atoms in total. The average molecular weight is 422 g/mol. The third-order valence-electron chi connectivity index (χ3n) is 5.21. The summed E-state index contributed by atoms with van der Waals surface area (Å²) in [6.07, 6.45) is 0.746. The highest BCUT2D eigenvalue weighted by Gasteiger charge is 2.32. The van der Waals surface area contributed by atoms with Crippen molar-refractivity contribution in [3.05, 3.63) is 94.2 Å². The first-order chi connectivity index (χ1) is 13.2. The Balaban J connectivity index is 1.68. The molecule has 2 heterocycles. The van der Waals surface area contributed by atoms with E-state index in [0.717, 1.165) is 33.4 Å². The Bertz CT molecular complexity index is 1120. The van der Waals surface area contributed by atoms with Gasteiger partial charge in [0.15, 0.2) is 0 Å². The quantitative estimate of drug-likeness (QED) is 0.424. The molecule has 0 spiro atoms. The standard InChI is InChI=1S/C22H17BrFN3/c23-15-11-9-14(10-12-15)19-13-21(16-5-1-2-6-17(16)24)27-20-8-4-3-7-18(20)25-22(27)26-19/h1-12,19,21H,13H2,(H,25,26)/t19-,21-/m0/s1. The fraction of sp³-hybridized carbons (Fsp3) is 0.136. The molecule has 0 radical (unpaired) electrons. The third-order valence-corrected chi connectivity index (χ3v) is 5.74. The second-order valence-corrected chi connectivity index (χ2v) is 7.73. The summed E-state index contributed by atoms with van der Waals surface area (Å²) in [6.45, 7) is 0. The number of benzene rings is 3. The van der Waals surface area contributed by atoms with Gasteiger partial charge in [-0.25, -0.2) is 9.37 Å². The zero-order valence-electron chi connectivity index (χ0n) is 14.4. The van der Waals surface area contributed by atoms with Gasteiger partial charge in [0.1, 0.15) is 5.82 Å². The number of hydrogen-bond acceptors (Lipinski definition) is 2. The number of para-hydroxylation sites is 2. The number of hydrogen-bond donors (Lipinski definition) is 1. The molecule has 134 valence electrons. The van der Waals surface area contributed by atoms with Crippen molar-refractivity contribution in [2.75, 3.05) is 5.32 Å². The minimum Gasteiger partial charge on any atom is -0.349 e. The van der Waals surface area contributed by atoms with Crippen molar-refractivity contribution < 1.29 is 4.39 Å². The van der Waals surface area contributed by atoms with E-state index in [1.807, 2.05) is 48.5 Å². The van der Waals surface area contributed by atoms with E-state index in [9.17, 15) is 4.39 Å². The SMILES string of the molecule is Fc1ccccc1[C@@H]1C[C@@H](c2ccc(Br)cc2)Nc2nc3ccccc3n21. The zero-order valence-corrected chi connectivity index (χ0v) is 16.0. The molecular formula is C22H17BrFN3. The van der Waals surface area contributed by atoms with Crippen LogP contribution < -0.4 is 5.32 Å². The fourth-order valence-corrected chi connectivity index (χ4v) is 4.20. The number of nitrogens with one attached hydrogen (secondary N) is 1. The lowest BCUT2D eigenvalue weighted by molar-refractivity contribution is 0.457. The van der Waals surface area contributed by atoms with Crippen molar-refractivity contribution in [3.63, 3.8) is 0 Å². The lowest BCUT2D eigenvalue weighted by Gasteiger charge is -2.33. The number of aromatic nitrogens is 2. The van der Waals surface area contributed by atoms with E-state index in [2.05, 4.69) is 37.9 Å². The van der Waals surface area contributed by atoms with E-state index < -0.39 is 0 Å². The summed E-state index contributed by atoms with van der Waals surface area (Å²) < 4.78 is 17.9. The minimum absolute atomic E-state index is 0.0621. The highest BCUT2D eigenvalue weighted by Crippen LogP contribution is 2.41. The van der Waals surface area contributed by atoms with E-state index in [4.69, 9.17) is 4.98 Å². The topological polar surface area (TPSA) is 29.9 Å². The predicted molar refractivity (Wildman–Crippen MR) is 109 cm³/mol. The molecule has 1 aromatic heterocycles. The number of anilines is 1. The van der Waals surface area contributed by atoms with Crippen LogP contribution in [-0.2, 0) is 0 Å². The van der Waals surface area contributed by atoms with Gasteiger partial charge >= 0.3 is 0 Å². The molecule has 1 aliphatic rings. The van der Waals surface area contributed by atoms with E-state index >= 15 is 0 Å². The Morgan fingerprint density at radius 2 is 1.70 bits per heavy atom. The van der Waals surface area contributed by atoms with Gasteiger partial charge in [0.05, 0.1) is 23.1 Å². The Morgan fingerprint density at radius 1 is 0.963 bits per heavy atom. The van der Waals surface area contributed by atoms with Crippen LogP contribution in [0.25, 0.3) is 11.0 Å². The molecule has 5 rings (SSSR count). The Kier molecular flexibility index (Phi) is 3.97. The van der Waals surface area contributed by atoms with E-state index in [1.54, 1.807) is 6.07 Å². The van der Waals surface area contributed by atoms with E-state index in [1.165, 1.54) is 6.07 Å². The van der Waals surface area contributed by atoms with Gasteiger partial charge in [-0.15, -0.1) is 0 Å². The lowest BCUT2D eigenvalue weighted by atomic mass is 9.92. The number of nitrogens with zero attached hydrogens (tertiary/aromatic N) is 2. The second-order valence-electron chi connectivity index (χ2n) is 6.82. The van der Waals surface area contributed by atoms with Crippen molar-refractivity contribution in [2.24, 2.45) is 0 Å². The molecule has 0 saturated carbocycles. The Hall–Kier alpha value is -2.66. The molecule has 0 unspecified atom stereocenters. The van der Waals surface area contributed by atoms with Crippen LogP contribution >= 0.6 is 15.9 Å². The molecule has 5 heteroatoms. The summed E-state index contributed by atoms with van der Waals surface area (Å²) in [5.41, 5.74) is 3.80. The summed E-state index contributed by atoms with van der Waals surface area (Å²) in [7, 11) is 0. The highest BCUT2D eigenvalue weighted by atomic mass is 79.9. The first kappa shape index (κ1) is 16.5. The largest absolute Gasteiger partial charge is 0.349 e. The van der Waals surface area contributed by atoms with Crippen molar-refractivity contribution in [1.29, 1.82) is 0 Å². The van der Waals surface area contributed by atoms with Gasteiger partial charge in [-0.05, 0) is 42.3 Å². The molecule has 0 aliphatic carbocycles. The number of rotatable bonds is 2. The molecule has 27 heavy (non-hydrogen) atoms. The summed E-state index contributed by atoms with van der Waals surface area (Å²) in [6, 6.07) is 23.3. The van der Waals surface area contributed by atoms with Crippen LogP contribution in [-0.4, -0.2) is 9.55 Å². The summed E-state index contributed by atoms with van der Waals surface area (Å²) in [5, 5.41) is 3.56. The number of imidazole rings is 1. The fourth-order valence-electron chi connectivity index (χ4n) is 3.93. The average Bonchev–Trinajstić information content (AvgIpc) is 3.07. The molecule has 1 aliphatic heterocycles. The summed E-state index contributed by atoms with van der Waals surface area (Å²) in [5.74, 6) is 0.603. The van der Waals surface area contributed by atoms with Crippen molar-refractivity contribution in [3.8, 4) is 0 Å². The molecule has 1 N–H and O–H groups in total. The molecular weight excluding hydrogens is 405 g/mol. The lowest BCUT2D eigenvalue weighted by Crippen LogP contribution is -2.27. The summed E-state index contributed by atoms with van der Waals surface area (Å²) in [4.78, 5) is 4.77. The van der Waals surface area contributed by atoms with Crippen LogP contribution in [0.4, 0.5) is 10.3 Å². The molecule has 0 amide bonds. The molecule has 3 aromatic carbocycles. The molecule has 2 atom stereocenters. The van der Waals surface area contributed by atoms with Crippen LogP contribution in [0.2, 0.25) is 0 Å². The van der Waals surface area contributed by atoms with Gasteiger partial charge in [-0.2, -0.15) is 0 Å². The zero-order chi connectivity index (χ0) is 18.4. The first-order valence-corrected chi connectivity index (χ1v) is 9.73. The molecule has 4 aromatic rings. The Morgan fingerprint density at radius 3 is 2.52 bits per heavy atom. The van der Waals surface area contributed by atoms with Crippen LogP contribution in [0.3, 0.4) is 0 Å². The molecule has 0 bridgehead atoms. The number of fused-ring (bicyclic) bond motifs is 3. The van der Waals surface area contributed by atoms with Gasteiger partial charge in [-0.3, -0.25) is 0 Å². The van der Waals surface area contributed by atoms with Crippen molar-refractivity contribution in [2.45, 2.75) is 18.5 Å². The van der Waals surface area contributed by atoms with Crippen LogP contribution in [0, 0.1) is 5.82 Å². The van der Waals surface area contributed by atoms with Crippen LogP contribution in [0.1, 0.15) is 29.6 Å². The van der Waals surface area contributed by atoms with Gasteiger partial charge in [0, 0.05) is 10.0 Å². The smallest absolute Gasteiger partial charge is 0.204 e. The maximum absolute atomic E-state index is 14.7. The maximum Gasteiger partial charge on any atom is 0.204 e.